The van der Waals surface area contributed by atoms with Gasteiger partial charge in [-0.15, -0.1) is 0 Å². The summed E-state index contributed by atoms with van der Waals surface area (Å²) in [5.74, 6) is 4.06. The SMILES string of the molecule is CC(C)CCC[C@@H](C)C1=CC[C@H]2[C@@H]3CC=C4C(C)(C)[C@@H](O)CC[C@]4(C)[C@H]3CC[C@]12C. The van der Waals surface area contributed by atoms with Gasteiger partial charge in [-0.2, -0.15) is 0 Å². The molecule has 0 aromatic heterocycles. The van der Waals surface area contributed by atoms with Gasteiger partial charge < -0.3 is 5.11 Å². The van der Waals surface area contributed by atoms with E-state index in [2.05, 4.69) is 60.6 Å². The van der Waals surface area contributed by atoms with Gasteiger partial charge in [0.15, 0.2) is 0 Å². The lowest BCUT2D eigenvalue weighted by Gasteiger charge is -2.61. The Morgan fingerprint density at radius 2 is 1.60 bits per heavy atom. The molecule has 2 fully saturated rings. The third-order valence-electron chi connectivity index (χ3n) is 10.5. The van der Waals surface area contributed by atoms with Crippen LogP contribution in [0.3, 0.4) is 0 Å². The summed E-state index contributed by atoms with van der Waals surface area (Å²) >= 11 is 0. The van der Waals surface area contributed by atoms with E-state index in [1.807, 2.05) is 5.57 Å². The highest BCUT2D eigenvalue weighted by Gasteiger charge is 2.59. The zero-order valence-corrected chi connectivity index (χ0v) is 20.9. The van der Waals surface area contributed by atoms with Crippen molar-refractivity contribution in [3.8, 4) is 0 Å². The summed E-state index contributed by atoms with van der Waals surface area (Å²) in [5.41, 5.74) is 4.09. The smallest absolute Gasteiger partial charge is 0.0628 e. The van der Waals surface area contributed by atoms with Crippen LogP contribution in [0.15, 0.2) is 23.3 Å². The zero-order chi connectivity index (χ0) is 21.9. The molecule has 0 heterocycles. The summed E-state index contributed by atoms with van der Waals surface area (Å²) in [6.07, 6.45) is 16.7. The molecule has 0 saturated heterocycles. The maximum absolute atomic E-state index is 10.7. The Morgan fingerprint density at radius 3 is 2.30 bits per heavy atom. The summed E-state index contributed by atoms with van der Waals surface area (Å²) in [6, 6.07) is 0. The highest BCUT2D eigenvalue weighted by Crippen LogP contribution is 2.67. The summed E-state index contributed by atoms with van der Waals surface area (Å²) in [5, 5.41) is 10.7. The maximum atomic E-state index is 10.7. The molecule has 7 atom stereocenters. The van der Waals surface area contributed by atoms with Gasteiger partial charge in [-0.05, 0) is 85.4 Å². The van der Waals surface area contributed by atoms with E-state index in [0.29, 0.717) is 10.8 Å². The third kappa shape index (κ3) is 3.37. The number of hydrogen-bond acceptors (Lipinski definition) is 1. The van der Waals surface area contributed by atoms with Gasteiger partial charge in [-0.3, -0.25) is 0 Å². The number of fused-ring (bicyclic) bond motifs is 5. The van der Waals surface area contributed by atoms with E-state index < -0.39 is 0 Å². The highest BCUT2D eigenvalue weighted by molar-refractivity contribution is 5.34. The summed E-state index contributed by atoms with van der Waals surface area (Å²) in [7, 11) is 0. The Hall–Kier alpha value is -0.560. The molecule has 30 heavy (non-hydrogen) atoms. The molecule has 0 aromatic carbocycles. The topological polar surface area (TPSA) is 20.2 Å². The fraction of sp³-hybridized carbons (Fsp3) is 0.862. The van der Waals surface area contributed by atoms with Crippen molar-refractivity contribution in [1.29, 1.82) is 0 Å². The monoisotopic (exact) mass is 412 g/mol. The molecular weight excluding hydrogens is 364 g/mol. The molecule has 4 aliphatic rings. The first-order chi connectivity index (χ1) is 14.0. The largest absolute Gasteiger partial charge is 0.392 e. The van der Waals surface area contributed by atoms with Crippen LogP contribution >= 0.6 is 0 Å². The minimum Gasteiger partial charge on any atom is -0.392 e. The molecule has 1 heteroatoms. The van der Waals surface area contributed by atoms with Crippen molar-refractivity contribution in [3.63, 3.8) is 0 Å². The minimum atomic E-state index is -0.173. The van der Waals surface area contributed by atoms with Gasteiger partial charge >= 0.3 is 0 Å². The lowest BCUT2D eigenvalue weighted by Crippen LogP contribution is -2.54. The van der Waals surface area contributed by atoms with E-state index in [1.54, 1.807) is 5.57 Å². The van der Waals surface area contributed by atoms with Crippen molar-refractivity contribution in [2.24, 2.45) is 45.8 Å². The van der Waals surface area contributed by atoms with Crippen LogP contribution in [-0.4, -0.2) is 11.2 Å². The first kappa shape index (κ1) is 22.6. The molecule has 1 N–H and O–H groups in total. The second kappa shape index (κ2) is 7.79. The molecule has 1 nitrogen and oxygen atoms in total. The minimum absolute atomic E-state index is 0.0528. The van der Waals surface area contributed by atoms with Crippen molar-refractivity contribution >= 4 is 0 Å². The van der Waals surface area contributed by atoms with Crippen LogP contribution in [0.2, 0.25) is 0 Å². The Balaban J connectivity index is 1.54. The first-order valence-electron chi connectivity index (χ1n) is 13.1. The molecule has 170 valence electrons. The molecule has 0 bridgehead atoms. The molecule has 0 radical (unpaired) electrons. The predicted molar refractivity (Wildman–Crippen MR) is 128 cm³/mol. The second-order valence-electron chi connectivity index (χ2n) is 13.0. The molecular formula is C29H48O. The summed E-state index contributed by atoms with van der Waals surface area (Å²) in [4.78, 5) is 0. The number of aliphatic hydroxyl groups is 1. The maximum Gasteiger partial charge on any atom is 0.0628 e. The number of allylic oxidation sites excluding steroid dienone is 3. The predicted octanol–water partition coefficient (Wildman–Crippen LogP) is 7.94. The van der Waals surface area contributed by atoms with Crippen molar-refractivity contribution in [3.05, 3.63) is 23.3 Å². The normalized spacial score (nSPS) is 43.4. The van der Waals surface area contributed by atoms with E-state index in [9.17, 15) is 5.11 Å². The quantitative estimate of drug-likeness (QED) is 0.454. The molecule has 4 aliphatic carbocycles. The molecule has 0 spiro atoms. The van der Waals surface area contributed by atoms with Crippen LogP contribution in [-0.2, 0) is 0 Å². The zero-order valence-electron chi connectivity index (χ0n) is 20.9. The number of rotatable bonds is 5. The van der Waals surface area contributed by atoms with Gasteiger partial charge in [-0.1, -0.05) is 84.6 Å². The molecule has 0 amide bonds. The van der Waals surface area contributed by atoms with Crippen molar-refractivity contribution in [1.82, 2.24) is 0 Å². The Bertz CT molecular complexity index is 712. The average molecular weight is 413 g/mol. The number of aliphatic hydroxyl groups excluding tert-OH is 1. The van der Waals surface area contributed by atoms with Crippen LogP contribution in [0.25, 0.3) is 0 Å². The van der Waals surface area contributed by atoms with E-state index in [1.165, 1.54) is 51.4 Å². The van der Waals surface area contributed by atoms with Gasteiger partial charge in [-0.25, -0.2) is 0 Å². The lowest BCUT2D eigenvalue weighted by atomic mass is 9.44. The summed E-state index contributed by atoms with van der Waals surface area (Å²) < 4.78 is 0. The van der Waals surface area contributed by atoms with Gasteiger partial charge in [0.25, 0.3) is 0 Å². The van der Waals surface area contributed by atoms with Gasteiger partial charge in [0.1, 0.15) is 0 Å². The van der Waals surface area contributed by atoms with Crippen molar-refractivity contribution < 1.29 is 5.11 Å². The van der Waals surface area contributed by atoms with E-state index in [4.69, 9.17) is 0 Å². The van der Waals surface area contributed by atoms with Crippen LogP contribution < -0.4 is 0 Å². The Morgan fingerprint density at radius 1 is 0.900 bits per heavy atom. The van der Waals surface area contributed by atoms with Gasteiger partial charge in [0.2, 0.25) is 0 Å². The number of hydrogen-bond donors (Lipinski definition) is 1. The van der Waals surface area contributed by atoms with Crippen LogP contribution in [0.5, 0.6) is 0 Å². The average Bonchev–Trinajstić information content (AvgIpc) is 3.02. The fourth-order valence-electron chi connectivity index (χ4n) is 8.74. The van der Waals surface area contributed by atoms with E-state index >= 15 is 0 Å². The molecule has 0 unspecified atom stereocenters. The van der Waals surface area contributed by atoms with Crippen LogP contribution in [0.1, 0.15) is 106 Å². The van der Waals surface area contributed by atoms with Crippen molar-refractivity contribution in [2.45, 2.75) is 112 Å². The molecule has 2 saturated carbocycles. The summed E-state index contributed by atoms with van der Waals surface area (Å²) in [6.45, 7) is 17.0. The highest BCUT2D eigenvalue weighted by atomic mass is 16.3. The molecule has 0 aromatic rings. The second-order valence-corrected chi connectivity index (χ2v) is 13.0. The molecule has 4 rings (SSSR count). The van der Waals surface area contributed by atoms with Crippen LogP contribution in [0.4, 0.5) is 0 Å². The first-order valence-corrected chi connectivity index (χ1v) is 13.1. The van der Waals surface area contributed by atoms with E-state index in [0.717, 1.165) is 36.0 Å². The van der Waals surface area contributed by atoms with Gasteiger partial charge in [0, 0.05) is 5.41 Å². The Kier molecular flexibility index (Phi) is 5.87. The van der Waals surface area contributed by atoms with E-state index in [-0.39, 0.29) is 11.5 Å². The van der Waals surface area contributed by atoms with Crippen LogP contribution in [0, 0.1) is 45.8 Å². The Labute approximate surface area is 186 Å². The van der Waals surface area contributed by atoms with Crippen molar-refractivity contribution in [2.75, 3.05) is 0 Å². The lowest BCUT2D eigenvalue weighted by molar-refractivity contribution is -0.0626. The third-order valence-corrected chi connectivity index (χ3v) is 10.5. The molecule has 0 aliphatic heterocycles. The standard InChI is InChI=1S/C29H48O/c1-19(2)9-8-10-20(3)22-12-13-23-21-11-14-25-27(4,5)26(30)16-18-29(25,7)24(21)15-17-28(22,23)6/h12,14,19-21,23-24,26,30H,8-11,13,15-18H2,1-7H3/t20-,21+,23+,24+,26+,28-,29-/m1/s1. The van der Waals surface area contributed by atoms with Gasteiger partial charge in [0.05, 0.1) is 6.10 Å². The fourth-order valence-corrected chi connectivity index (χ4v) is 8.74.